The van der Waals surface area contributed by atoms with Gasteiger partial charge in [-0.3, -0.25) is 4.79 Å². The number of carbonyl (C=O) groups excluding carboxylic acids is 1. The first-order valence-electron chi connectivity index (χ1n) is 6.25. The number of hydrogen-bond acceptors (Lipinski definition) is 4. The molecule has 1 fully saturated rings. The molecule has 1 saturated carbocycles. The molecule has 0 spiro atoms. The highest BCUT2D eigenvalue weighted by molar-refractivity contribution is 6.12. The van der Waals surface area contributed by atoms with Crippen LogP contribution in [0.3, 0.4) is 0 Å². The monoisotopic (exact) mass is 271 g/mol. The summed E-state index contributed by atoms with van der Waals surface area (Å²) in [5, 5.41) is 18.9. The first-order valence-corrected chi connectivity index (χ1v) is 6.25. The summed E-state index contributed by atoms with van der Waals surface area (Å²) >= 11 is 0. The van der Waals surface area contributed by atoms with Crippen molar-refractivity contribution < 1.29 is 14.7 Å². The molecule has 3 rings (SSSR count). The molecule has 20 heavy (non-hydrogen) atoms. The summed E-state index contributed by atoms with van der Waals surface area (Å²) in [4.78, 5) is 28.0. The highest BCUT2D eigenvalue weighted by Gasteiger charge is 2.78. The molecule has 6 heteroatoms. The van der Waals surface area contributed by atoms with Crippen LogP contribution in [-0.4, -0.2) is 27.6 Å². The molecule has 2 unspecified atom stereocenters. The molecule has 0 saturated heterocycles. The number of nitrogens with zero attached hydrogens (tertiary/aromatic N) is 3. The van der Waals surface area contributed by atoms with Crippen molar-refractivity contribution in [2.24, 2.45) is 10.4 Å². The summed E-state index contributed by atoms with van der Waals surface area (Å²) < 4.78 is 1.56. The highest BCUT2D eigenvalue weighted by Crippen LogP contribution is 2.65. The number of ketones is 1. The van der Waals surface area contributed by atoms with Gasteiger partial charge >= 0.3 is 5.97 Å². The van der Waals surface area contributed by atoms with Crippen LogP contribution in [0.4, 0.5) is 5.82 Å². The minimum Gasteiger partial charge on any atom is -0.479 e. The molecule has 1 aliphatic carbocycles. The molecule has 0 bridgehead atoms. The summed E-state index contributed by atoms with van der Waals surface area (Å²) in [5.74, 6) is -0.916. The number of carboxylic acid groups (broad SMARTS) is 1. The fraction of sp³-hybridized carbons (Fsp3) is 0.429. The molecule has 0 aromatic carbocycles. The molecule has 0 amide bonds. The van der Waals surface area contributed by atoms with Gasteiger partial charge < -0.3 is 9.67 Å². The second kappa shape index (κ2) is 3.37. The third-order valence-electron chi connectivity index (χ3n) is 4.72. The Kier molecular flexibility index (Phi) is 2.12. The molecule has 6 nitrogen and oxygen atoms in total. The Hall–Kier alpha value is -2.42. The van der Waals surface area contributed by atoms with E-state index in [4.69, 9.17) is 0 Å². The fourth-order valence-corrected chi connectivity index (χ4v) is 3.34. The van der Waals surface area contributed by atoms with Gasteiger partial charge in [-0.1, -0.05) is 0 Å². The molecule has 0 radical (unpaired) electrons. The number of aliphatic imine (C=N–C) groups is 1. The van der Waals surface area contributed by atoms with Crippen molar-refractivity contribution >= 4 is 23.8 Å². The number of aliphatic carboxylic acids is 1. The van der Waals surface area contributed by atoms with E-state index in [1.807, 2.05) is 0 Å². The third kappa shape index (κ3) is 1.03. The van der Waals surface area contributed by atoms with Crippen molar-refractivity contribution in [3.63, 3.8) is 0 Å². The van der Waals surface area contributed by atoms with E-state index in [0.717, 1.165) is 0 Å². The quantitative estimate of drug-likeness (QED) is 0.880. The van der Waals surface area contributed by atoms with Gasteiger partial charge in [0.25, 0.3) is 0 Å². The number of fused-ring (bicyclic) bond motifs is 3. The third-order valence-corrected chi connectivity index (χ3v) is 4.72. The van der Waals surface area contributed by atoms with Crippen molar-refractivity contribution in [3.8, 4) is 6.07 Å². The van der Waals surface area contributed by atoms with Crippen LogP contribution in [0.15, 0.2) is 4.99 Å². The van der Waals surface area contributed by atoms with Gasteiger partial charge in [0, 0.05) is 18.3 Å². The van der Waals surface area contributed by atoms with Crippen LogP contribution in [0.5, 0.6) is 0 Å². The minimum absolute atomic E-state index is 0.195. The summed E-state index contributed by atoms with van der Waals surface area (Å²) in [6.45, 7) is 4.91. The first-order chi connectivity index (χ1) is 9.33. The van der Waals surface area contributed by atoms with Crippen LogP contribution < -0.4 is 0 Å². The van der Waals surface area contributed by atoms with Crippen LogP contribution in [0.25, 0.3) is 0 Å². The van der Waals surface area contributed by atoms with E-state index >= 15 is 0 Å². The summed E-state index contributed by atoms with van der Waals surface area (Å²) in [6.07, 6.45) is 1.61. The number of rotatable bonds is 2. The Bertz CT molecular complexity index is 753. The highest BCUT2D eigenvalue weighted by atomic mass is 16.4. The average Bonchev–Trinajstić information content (AvgIpc) is 3.04. The topological polar surface area (TPSA) is 95.5 Å². The predicted molar refractivity (Wildman–Crippen MR) is 70.1 cm³/mol. The Balaban J connectivity index is 2.39. The minimum atomic E-state index is -1.32. The number of hydrogen-bond donors (Lipinski definition) is 1. The zero-order valence-corrected chi connectivity index (χ0v) is 11.4. The van der Waals surface area contributed by atoms with E-state index in [0.29, 0.717) is 22.6 Å². The van der Waals surface area contributed by atoms with Gasteiger partial charge in [-0.15, -0.1) is 0 Å². The SMILES string of the molecule is CC(=O)C12C=Nc3c(C#N)c(C)c(C)n3C1(C(=O)O)C2. The van der Waals surface area contributed by atoms with E-state index in [1.165, 1.54) is 13.1 Å². The number of aromatic nitrogens is 1. The van der Waals surface area contributed by atoms with Crippen LogP contribution in [0.1, 0.15) is 30.2 Å². The molecule has 2 aliphatic rings. The van der Waals surface area contributed by atoms with Crippen molar-refractivity contribution in [1.82, 2.24) is 4.57 Å². The van der Waals surface area contributed by atoms with E-state index in [9.17, 15) is 20.0 Å². The summed E-state index contributed by atoms with van der Waals surface area (Å²) in [6, 6.07) is 2.07. The van der Waals surface area contributed by atoms with Gasteiger partial charge in [-0.05, 0) is 26.3 Å². The molecular formula is C14H13N3O3. The van der Waals surface area contributed by atoms with Crippen LogP contribution in [0, 0.1) is 30.6 Å². The predicted octanol–water partition coefficient (Wildman–Crippen LogP) is 1.45. The molecule has 102 valence electrons. The molecule has 1 aromatic heterocycles. The Morgan fingerprint density at radius 3 is 2.65 bits per heavy atom. The van der Waals surface area contributed by atoms with Gasteiger partial charge in [0.05, 0.1) is 5.56 Å². The molecular weight excluding hydrogens is 258 g/mol. The van der Waals surface area contributed by atoms with E-state index in [1.54, 1.807) is 18.4 Å². The van der Waals surface area contributed by atoms with E-state index in [-0.39, 0.29) is 12.2 Å². The molecule has 2 atom stereocenters. The molecule has 1 aliphatic heterocycles. The van der Waals surface area contributed by atoms with Crippen molar-refractivity contribution in [2.45, 2.75) is 32.7 Å². The number of nitriles is 1. The largest absolute Gasteiger partial charge is 0.479 e. The Labute approximate surface area is 115 Å². The van der Waals surface area contributed by atoms with Crippen molar-refractivity contribution in [1.29, 1.82) is 5.26 Å². The lowest BCUT2D eigenvalue weighted by atomic mass is 9.94. The lowest BCUT2D eigenvalue weighted by Gasteiger charge is -2.25. The van der Waals surface area contributed by atoms with Gasteiger partial charge in [-0.2, -0.15) is 5.26 Å². The Morgan fingerprint density at radius 1 is 1.50 bits per heavy atom. The maximum Gasteiger partial charge on any atom is 0.331 e. The van der Waals surface area contributed by atoms with Crippen LogP contribution >= 0.6 is 0 Å². The first kappa shape index (κ1) is 12.6. The molecule has 1 N–H and O–H groups in total. The normalized spacial score (nSPS) is 29.3. The van der Waals surface area contributed by atoms with Gasteiger partial charge in [0.15, 0.2) is 11.4 Å². The van der Waals surface area contributed by atoms with Crippen molar-refractivity contribution in [2.75, 3.05) is 0 Å². The second-order valence-electron chi connectivity index (χ2n) is 5.48. The van der Waals surface area contributed by atoms with E-state index in [2.05, 4.69) is 11.1 Å². The number of Topliss-reactive ketones (excluding diaryl/α,β-unsaturated/α-hetero) is 1. The molecule has 1 aromatic rings. The lowest BCUT2D eigenvalue weighted by Crippen LogP contribution is -2.40. The van der Waals surface area contributed by atoms with Gasteiger partial charge in [0.2, 0.25) is 0 Å². The zero-order chi connectivity index (χ0) is 14.9. The summed E-state index contributed by atoms with van der Waals surface area (Å²) in [7, 11) is 0. The lowest BCUT2D eigenvalue weighted by molar-refractivity contribution is -0.145. The fourth-order valence-electron chi connectivity index (χ4n) is 3.34. The maximum absolute atomic E-state index is 11.9. The smallest absolute Gasteiger partial charge is 0.331 e. The zero-order valence-electron chi connectivity index (χ0n) is 11.4. The summed E-state index contributed by atoms with van der Waals surface area (Å²) in [5.41, 5.74) is -0.622. The number of carbonyl (C=O) groups is 2. The van der Waals surface area contributed by atoms with Crippen molar-refractivity contribution in [3.05, 3.63) is 16.8 Å². The number of carboxylic acids is 1. The van der Waals surface area contributed by atoms with Gasteiger partial charge in [0.1, 0.15) is 17.3 Å². The molecule has 2 heterocycles. The standard InChI is InChI=1S/C14H13N3O3/c1-7-8(2)17-11(10(7)4-15)16-6-13(9(3)18)5-14(13,17)12(19)20/h6H,5H2,1-3H3,(H,19,20). The van der Waals surface area contributed by atoms with Crippen LogP contribution in [0.2, 0.25) is 0 Å². The van der Waals surface area contributed by atoms with Crippen LogP contribution in [-0.2, 0) is 15.1 Å². The maximum atomic E-state index is 11.9. The Morgan fingerprint density at radius 2 is 2.15 bits per heavy atom. The van der Waals surface area contributed by atoms with E-state index < -0.39 is 16.9 Å². The van der Waals surface area contributed by atoms with Gasteiger partial charge in [-0.25, -0.2) is 9.79 Å². The second-order valence-corrected chi connectivity index (χ2v) is 5.48. The average molecular weight is 271 g/mol.